The van der Waals surface area contributed by atoms with Gasteiger partial charge in [-0.05, 0) is 19.5 Å². The van der Waals surface area contributed by atoms with Crippen molar-refractivity contribution in [1.82, 2.24) is 4.90 Å². The highest BCUT2D eigenvalue weighted by Crippen LogP contribution is 2.00. The van der Waals surface area contributed by atoms with Crippen molar-refractivity contribution in [2.24, 2.45) is 0 Å². The Morgan fingerprint density at radius 2 is 1.92 bits per heavy atom. The molecule has 0 saturated carbocycles. The Morgan fingerprint density at radius 3 is 2.25 bits per heavy atom. The molecule has 0 unspecified atom stereocenters. The van der Waals surface area contributed by atoms with E-state index in [1.807, 2.05) is 0 Å². The third-order valence-corrected chi connectivity index (χ3v) is 1.93. The number of nitrogens with zero attached hydrogens (tertiary/aromatic N) is 1. The lowest BCUT2D eigenvalue weighted by atomic mass is 10.2. The zero-order valence-electron chi connectivity index (χ0n) is 7.84. The molecule has 3 heteroatoms. The van der Waals surface area contributed by atoms with E-state index in [0.29, 0.717) is 12.0 Å². The number of carboxylic acids is 1. The zero-order valence-corrected chi connectivity index (χ0v) is 7.84. The summed E-state index contributed by atoms with van der Waals surface area (Å²) < 4.78 is 0. The average molecular weight is 171 g/mol. The molecule has 0 aliphatic rings. The van der Waals surface area contributed by atoms with Crippen molar-refractivity contribution in [3.05, 3.63) is 12.2 Å². The van der Waals surface area contributed by atoms with Crippen molar-refractivity contribution in [1.29, 1.82) is 0 Å². The Hall–Kier alpha value is -0.830. The normalized spacial score (nSPS) is 10.2. The van der Waals surface area contributed by atoms with Crippen molar-refractivity contribution >= 4 is 5.97 Å². The third-order valence-electron chi connectivity index (χ3n) is 1.93. The first-order valence-electron chi connectivity index (χ1n) is 4.25. The average Bonchev–Trinajstić information content (AvgIpc) is 2.05. The van der Waals surface area contributed by atoms with E-state index in [-0.39, 0.29) is 0 Å². The van der Waals surface area contributed by atoms with Gasteiger partial charge in [-0.25, -0.2) is 4.79 Å². The SMILES string of the molecule is C=C(CCN(CC)CC)C(=O)O. The van der Waals surface area contributed by atoms with Gasteiger partial charge in [-0.15, -0.1) is 0 Å². The summed E-state index contributed by atoms with van der Waals surface area (Å²) >= 11 is 0. The molecule has 0 aromatic heterocycles. The maximum Gasteiger partial charge on any atom is 0.331 e. The molecule has 3 nitrogen and oxygen atoms in total. The van der Waals surface area contributed by atoms with Gasteiger partial charge in [0.15, 0.2) is 0 Å². The number of hydrogen-bond acceptors (Lipinski definition) is 2. The molecule has 0 aromatic carbocycles. The fraction of sp³-hybridized carbons (Fsp3) is 0.667. The second-order valence-corrected chi connectivity index (χ2v) is 2.69. The van der Waals surface area contributed by atoms with Crippen molar-refractivity contribution in [2.75, 3.05) is 19.6 Å². The Kier molecular flexibility index (Phi) is 5.37. The van der Waals surface area contributed by atoms with Crippen LogP contribution in [-0.2, 0) is 4.79 Å². The fourth-order valence-corrected chi connectivity index (χ4v) is 0.940. The lowest BCUT2D eigenvalue weighted by molar-refractivity contribution is -0.132. The molecule has 0 saturated heterocycles. The van der Waals surface area contributed by atoms with E-state index in [2.05, 4.69) is 25.3 Å². The molecule has 70 valence electrons. The molecule has 0 aliphatic carbocycles. The molecule has 0 heterocycles. The van der Waals surface area contributed by atoms with E-state index in [4.69, 9.17) is 5.11 Å². The standard InChI is InChI=1S/C9H17NO2/c1-4-10(5-2)7-6-8(3)9(11)12/h3-7H2,1-2H3,(H,11,12). The van der Waals surface area contributed by atoms with Gasteiger partial charge >= 0.3 is 5.97 Å². The van der Waals surface area contributed by atoms with Crippen LogP contribution in [0.2, 0.25) is 0 Å². The van der Waals surface area contributed by atoms with Crippen LogP contribution in [0.1, 0.15) is 20.3 Å². The molecule has 0 fully saturated rings. The van der Waals surface area contributed by atoms with Gasteiger partial charge in [-0.2, -0.15) is 0 Å². The van der Waals surface area contributed by atoms with Gasteiger partial charge in [-0.1, -0.05) is 20.4 Å². The second-order valence-electron chi connectivity index (χ2n) is 2.69. The molecule has 0 spiro atoms. The van der Waals surface area contributed by atoms with Crippen molar-refractivity contribution in [3.8, 4) is 0 Å². The molecule has 0 aromatic rings. The van der Waals surface area contributed by atoms with Crippen LogP contribution < -0.4 is 0 Å². The van der Waals surface area contributed by atoms with E-state index in [1.54, 1.807) is 0 Å². The topological polar surface area (TPSA) is 40.5 Å². The van der Waals surface area contributed by atoms with Crippen LogP contribution in [0.5, 0.6) is 0 Å². The quantitative estimate of drug-likeness (QED) is 0.613. The summed E-state index contributed by atoms with van der Waals surface area (Å²) in [6.07, 6.45) is 0.553. The highest BCUT2D eigenvalue weighted by atomic mass is 16.4. The molecule has 0 atom stereocenters. The maximum absolute atomic E-state index is 10.4. The minimum atomic E-state index is -0.887. The van der Waals surface area contributed by atoms with Crippen LogP contribution in [0.3, 0.4) is 0 Å². The summed E-state index contributed by atoms with van der Waals surface area (Å²) in [5.41, 5.74) is 0.293. The van der Waals surface area contributed by atoms with Crippen LogP contribution in [0.15, 0.2) is 12.2 Å². The van der Waals surface area contributed by atoms with Crippen LogP contribution >= 0.6 is 0 Å². The highest BCUT2D eigenvalue weighted by Gasteiger charge is 2.05. The van der Waals surface area contributed by atoms with Crippen LogP contribution in [0, 0.1) is 0 Å². The number of rotatable bonds is 6. The summed E-state index contributed by atoms with van der Waals surface area (Å²) in [7, 11) is 0. The lowest BCUT2D eigenvalue weighted by Gasteiger charge is -2.17. The van der Waals surface area contributed by atoms with Crippen LogP contribution in [0.25, 0.3) is 0 Å². The summed E-state index contributed by atoms with van der Waals surface area (Å²) in [5, 5.41) is 8.52. The van der Waals surface area contributed by atoms with Gasteiger partial charge in [0.1, 0.15) is 0 Å². The summed E-state index contributed by atoms with van der Waals surface area (Å²) in [6, 6.07) is 0. The van der Waals surface area contributed by atoms with Gasteiger partial charge < -0.3 is 10.0 Å². The van der Waals surface area contributed by atoms with Crippen molar-refractivity contribution < 1.29 is 9.90 Å². The van der Waals surface area contributed by atoms with Gasteiger partial charge in [0.25, 0.3) is 0 Å². The Labute approximate surface area is 73.7 Å². The first-order valence-corrected chi connectivity index (χ1v) is 4.25. The Morgan fingerprint density at radius 1 is 1.42 bits per heavy atom. The summed E-state index contributed by atoms with van der Waals surface area (Å²) in [5.74, 6) is -0.887. The summed E-state index contributed by atoms with van der Waals surface area (Å²) in [4.78, 5) is 12.5. The molecule has 12 heavy (non-hydrogen) atoms. The first-order chi connectivity index (χ1) is 5.61. The minimum Gasteiger partial charge on any atom is -0.478 e. The van der Waals surface area contributed by atoms with E-state index in [1.165, 1.54) is 0 Å². The molecule has 0 bridgehead atoms. The van der Waals surface area contributed by atoms with Crippen molar-refractivity contribution in [3.63, 3.8) is 0 Å². The maximum atomic E-state index is 10.4. The highest BCUT2D eigenvalue weighted by molar-refractivity contribution is 5.85. The molecule has 0 amide bonds. The molecular formula is C9H17NO2. The van der Waals surface area contributed by atoms with E-state index in [9.17, 15) is 4.79 Å². The lowest BCUT2D eigenvalue weighted by Crippen LogP contribution is -2.24. The second kappa shape index (κ2) is 5.77. The molecule has 0 rings (SSSR count). The number of aliphatic carboxylic acids is 1. The van der Waals surface area contributed by atoms with Gasteiger partial charge in [0.2, 0.25) is 0 Å². The fourth-order valence-electron chi connectivity index (χ4n) is 0.940. The zero-order chi connectivity index (χ0) is 9.56. The smallest absolute Gasteiger partial charge is 0.331 e. The predicted molar refractivity (Wildman–Crippen MR) is 49.2 cm³/mol. The third kappa shape index (κ3) is 4.13. The van der Waals surface area contributed by atoms with Crippen LogP contribution in [-0.4, -0.2) is 35.6 Å². The number of hydrogen-bond donors (Lipinski definition) is 1. The number of carboxylic acid groups (broad SMARTS) is 1. The Balaban J connectivity index is 3.66. The van der Waals surface area contributed by atoms with Crippen LogP contribution in [0.4, 0.5) is 0 Å². The number of carbonyl (C=O) groups is 1. The van der Waals surface area contributed by atoms with Gasteiger partial charge in [0.05, 0.1) is 0 Å². The summed E-state index contributed by atoms with van der Waals surface area (Å²) in [6.45, 7) is 10.3. The van der Waals surface area contributed by atoms with Gasteiger partial charge in [-0.3, -0.25) is 0 Å². The largest absolute Gasteiger partial charge is 0.478 e. The van der Waals surface area contributed by atoms with Crippen molar-refractivity contribution in [2.45, 2.75) is 20.3 Å². The molecule has 0 radical (unpaired) electrons. The first kappa shape index (κ1) is 11.2. The van der Waals surface area contributed by atoms with E-state index < -0.39 is 5.97 Å². The van der Waals surface area contributed by atoms with E-state index >= 15 is 0 Å². The Bertz CT molecular complexity index is 162. The van der Waals surface area contributed by atoms with E-state index in [0.717, 1.165) is 19.6 Å². The molecule has 0 aliphatic heterocycles. The molecular weight excluding hydrogens is 154 g/mol. The molecule has 1 N–H and O–H groups in total. The minimum absolute atomic E-state index is 0.293. The monoisotopic (exact) mass is 171 g/mol. The predicted octanol–water partition coefficient (Wildman–Crippen LogP) is 1.36. The van der Waals surface area contributed by atoms with Gasteiger partial charge in [0, 0.05) is 12.1 Å².